The number of anilines is 2. The van der Waals surface area contributed by atoms with Gasteiger partial charge >= 0.3 is 18.2 Å². The fourth-order valence-corrected chi connectivity index (χ4v) is 5.25. The van der Waals surface area contributed by atoms with Crippen molar-refractivity contribution in [2.75, 3.05) is 29.5 Å². The van der Waals surface area contributed by atoms with Crippen LogP contribution in [-0.4, -0.2) is 75.4 Å². The second-order valence-electron chi connectivity index (χ2n) is 9.72. The largest absolute Gasteiger partial charge is 0.491 e. The van der Waals surface area contributed by atoms with E-state index in [1.54, 1.807) is 42.8 Å². The van der Waals surface area contributed by atoms with Crippen molar-refractivity contribution in [2.45, 2.75) is 51.5 Å². The molecule has 3 aliphatic rings. The van der Waals surface area contributed by atoms with Gasteiger partial charge in [0.15, 0.2) is 5.82 Å². The maximum atomic E-state index is 13.1. The molecular weight excluding hydrogens is 495 g/mol. The van der Waals surface area contributed by atoms with Gasteiger partial charge in [-0.1, -0.05) is 13.8 Å². The second kappa shape index (κ2) is 8.96. The van der Waals surface area contributed by atoms with Gasteiger partial charge in [-0.2, -0.15) is 13.2 Å². The fraction of sp³-hybridized carbons (Fsp3) is 0.500. The summed E-state index contributed by atoms with van der Waals surface area (Å²) in [4.78, 5) is 45.1. The molecular formula is C24H26F3N5O5. The predicted octanol–water partition coefficient (Wildman–Crippen LogP) is 3.35. The summed E-state index contributed by atoms with van der Waals surface area (Å²) in [7, 11) is 0. The number of benzene rings is 1. The standard InChI is InChI=1S/C24H26F3N5O5/c1-13(2)19-21(33)31(12-24(25,26)27)23(36)32(19)18-11-29-8-9-37-17-10-14(5-6-15(17)20(29)28-18)30-7-3-4-16(30)22(34)35/h5-6,10-11,13,16,19H,3-4,7-9,12H2,1-2H3,(H,34,35)/t16-,19?/m0/s1. The number of halogens is 3. The van der Waals surface area contributed by atoms with Gasteiger partial charge < -0.3 is 19.3 Å². The normalized spacial score (nSPS) is 21.8. The van der Waals surface area contributed by atoms with Crippen LogP contribution in [0.15, 0.2) is 24.4 Å². The highest BCUT2D eigenvalue weighted by molar-refractivity contribution is 6.14. The van der Waals surface area contributed by atoms with E-state index < -0.39 is 48.6 Å². The highest BCUT2D eigenvalue weighted by Crippen LogP contribution is 2.39. The monoisotopic (exact) mass is 521 g/mol. The van der Waals surface area contributed by atoms with E-state index >= 15 is 0 Å². The van der Waals surface area contributed by atoms with E-state index in [4.69, 9.17) is 4.74 Å². The molecule has 1 aromatic carbocycles. The lowest BCUT2D eigenvalue weighted by Crippen LogP contribution is -2.40. The summed E-state index contributed by atoms with van der Waals surface area (Å²) >= 11 is 0. The Morgan fingerprint density at radius 2 is 2.00 bits per heavy atom. The Labute approximate surface area is 210 Å². The third-order valence-electron chi connectivity index (χ3n) is 6.88. The van der Waals surface area contributed by atoms with E-state index in [-0.39, 0.29) is 17.3 Å². The Bertz CT molecular complexity index is 1260. The number of imidazole rings is 1. The number of carboxylic acids is 1. The number of carbonyl (C=O) groups excluding carboxylic acids is 2. The third-order valence-corrected chi connectivity index (χ3v) is 6.88. The smallest absolute Gasteiger partial charge is 0.406 e. The molecule has 0 saturated carbocycles. The summed E-state index contributed by atoms with van der Waals surface area (Å²) in [5.74, 6) is -1.25. The summed E-state index contributed by atoms with van der Waals surface area (Å²) < 4.78 is 46.9. The maximum Gasteiger partial charge on any atom is 0.406 e. The molecule has 5 rings (SSSR count). The number of carboxylic acid groups (broad SMARTS) is 1. The number of aromatic nitrogens is 2. The number of hydrogen-bond donors (Lipinski definition) is 1. The van der Waals surface area contributed by atoms with Crippen LogP contribution in [0.3, 0.4) is 0 Å². The van der Waals surface area contributed by atoms with Crippen LogP contribution in [0.5, 0.6) is 5.75 Å². The van der Waals surface area contributed by atoms with Crippen LogP contribution in [0, 0.1) is 5.92 Å². The number of imide groups is 1. The topological polar surface area (TPSA) is 108 Å². The molecule has 2 saturated heterocycles. The van der Waals surface area contributed by atoms with Crippen LogP contribution >= 0.6 is 0 Å². The Morgan fingerprint density at radius 3 is 2.68 bits per heavy atom. The number of aliphatic carboxylic acids is 1. The maximum absolute atomic E-state index is 13.1. The van der Waals surface area contributed by atoms with Gasteiger partial charge in [0.25, 0.3) is 5.91 Å². The summed E-state index contributed by atoms with van der Waals surface area (Å²) in [6, 6.07) is 2.49. The van der Waals surface area contributed by atoms with E-state index in [0.29, 0.717) is 42.3 Å². The first kappa shape index (κ1) is 24.9. The van der Waals surface area contributed by atoms with Crippen molar-refractivity contribution in [2.24, 2.45) is 5.92 Å². The molecule has 2 atom stereocenters. The van der Waals surface area contributed by atoms with Crippen LogP contribution in [0.4, 0.5) is 29.5 Å². The summed E-state index contributed by atoms with van der Waals surface area (Å²) in [6.07, 6.45) is -1.88. The zero-order valence-electron chi connectivity index (χ0n) is 20.2. The van der Waals surface area contributed by atoms with E-state index in [2.05, 4.69) is 4.98 Å². The van der Waals surface area contributed by atoms with E-state index in [9.17, 15) is 32.7 Å². The predicted molar refractivity (Wildman–Crippen MR) is 125 cm³/mol. The van der Waals surface area contributed by atoms with Gasteiger partial charge in [-0.25, -0.2) is 14.6 Å². The lowest BCUT2D eigenvalue weighted by molar-refractivity contribution is -0.153. The Kier molecular flexibility index (Phi) is 6.03. The first-order valence-electron chi connectivity index (χ1n) is 12.0. The summed E-state index contributed by atoms with van der Waals surface area (Å²) in [5, 5.41) is 9.54. The fourth-order valence-electron chi connectivity index (χ4n) is 5.25. The number of carbonyl (C=O) groups is 3. The zero-order valence-corrected chi connectivity index (χ0v) is 20.2. The molecule has 13 heteroatoms. The van der Waals surface area contributed by atoms with Gasteiger partial charge in [-0.15, -0.1) is 0 Å². The minimum atomic E-state index is -4.73. The molecule has 2 fully saturated rings. The van der Waals surface area contributed by atoms with Crippen molar-refractivity contribution in [3.8, 4) is 17.1 Å². The number of amides is 3. The minimum absolute atomic E-state index is 0.0825. The van der Waals surface area contributed by atoms with E-state index in [1.807, 2.05) is 4.90 Å². The van der Waals surface area contributed by atoms with Gasteiger partial charge in [0.1, 0.15) is 36.8 Å². The van der Waals surface area contributed by atoms with Crippen molar-refractivity contribution in [3.05, 3.63) is 24.4 Å². The molecule has 2 aromatic rings. The molecule has 1 aromatic heterocycles. The van der Waals surface area contributed by atoms with Crippen LogP contribution < -0.4 is 14.5 Å². The lowest BCUT2D eigenvalue weighted by Gasteiger charge is -2.24. The second-order valence-corrected chi connectivity index (χ2v) is 9.72. The van der Waals surface area contributed by atoms with Crippen molar-refractivity contribution in [1.29, 1.82) is 0 Å². The van der Waals surface area contributed by atoms with Crippen molar-refractivity contribution >= 4 is 29.4 Å². The molecule has 1 N–H and O–H groups in total. The van der Waals surface area contributed by atoms with Crippen LogP contribution in [-0.2, 0) is 16.1 Å². The van der Waals surface area contributed by atoms with Gasteiger partial charge in [0.2, 0.25) is 0 Å². The number of ether oxygens (including phenoxy) is 1. The first-order chi connectivity index (χ1) is 17.5. The molecule has 0 spiro atoms. The number of hydrogen-bond acceptors (Lipinski definition) is 6. The average molecular weight is 521 g/mol. The van der Waals surface area contributed by atoms with Gasteiger partial charge in [-0.05, 0) is 30.9 Å². The molecule has 4 heterocycles. The molecule has 0 bridgehead atoms. The zero-order chi connectivity index (χ0) is 26.6. The Hall–Kier alpha value is -3.77. The molecule has 0 radical (unpaired) electrons. The van der Waals surface area contributed by atoms with Crippen molar-refractivity contribution < 1.29 is 37.4 Å². The number of urea groups is 1. The van der Waals surface area contributed by atoms with Crippen molar-refractivity contribution in [1.82, 2.24) is 14.5 Å². The van der Waals surface area contributed by atoms with Gasteiger partial charge in [0.05, 0.1) is 12.1 Å². The minimum Gasteiger partial charge on any atom is -0.491 e. The molecule has 3 amide bonds. The summed E-state index contributed by atoms with van der Waals surface area (Å²) in [6.45, 7) is 2.86. The van der Waals surface area contributed by atoms with E-state index in [0.717, 1.165) is 11.3 Å². The van der Waals surface area contributed by atoms with Crippen LogP contribution in [0.2, 0.25) is 0 Å². The highest BCUT2D eigenvalue weighted by atomic mass is 19.4. The third kappa shape index (κ3) is 4.36. The average Bonchev–Trinajstić information content (AvgIpc) is 3.49. The molecule has 10 nitrogen and oxygen atoms in total. The lowest BCUT2D eigenvalue weighted by atomic mass is 10.0. The molecule has 0 aliphatic carbocycles. The SMILES string of the molecule is CC(C)C1C(=O)N(CC(F)(F)F)C(=O)N1c1cn2c(n1)-c1ccc(N3CCC[C@H]3C(=O)O)cc1OCC2. The molecule has 198 valence electrons. The quantitative estimate of drug-likeness (QED) is 0.602. The number of alkyl halides is 3. The number of rotatable bonds is 5. The van der Waals surface area contributed by atoms with Crippen molar-refractivity contribution in [3.63, 3.8) is 0 Å². The molecule has 37 heavy (non-hydrogen) atoms. The Morgan fingerprint density at radius 1 is 1.24 bits per heavy atom. The van der Waals surface area contributed by atoms with Crippen LogP contribution in [0.1, 0.15) is 26.7 Å². The molecule has 3 aliphatic heterocycles. The van der Waals surface area contributed by atoms with Gasteiger partial charge in [-0.3, -0.25) is 14.6 Å². The number of nitrogens with zero attached hydrogens (tertiary/aromatic N) is 5. The van der Waals surface area contributed by atoms with E-state index in [1.165, 1.54) is 0 Å². The Balaban J connectivity index is 1.51. The number of fused-ring (bicyclic) bond motifs is 3. The first-order valence-corrected chi connectivity index (χ1v) is 12.0. The van der Waals surface area contributed by atoms with Crippen LogP contribution in [0.25, 0.3) is 11.4 Å². The summed E-state index contributed by atoms with van der Waals surface area (Å²) in [5.41, 5.74) is 1.29. The van der Waals surface area contributed by atoms with Gasteiger partial charge in [0, 0.05) is 24.5 Å². The highest BCUT2D eigenvalue weighted by Gasteiger charge is 2.51. The molecule has 1 unspecified atom stereocenters.